The van der Waals surface area contributed by atoms with Crippen molar-refractivity contribution in [1.82, 2.24) is 0 Å². The van der Waals surface area contributed by atoms with Crippen LogP contribution in [0.25, 0.3) is 0 Å². The van der Waals surface area contributed by atoms with Crippen molar-refractivity contribution in [2.75, 3.05) is 0 Å². The fourth-order valence-electron chi connectivity index (χ4n) is 0. The van der Waals surface area contributed by atoms with Gasteiger partial charge in [-0.2, -0.15) is 31.3 Å². The van der Waals surface area contributed by atoms with Crippen LogP contribution in [0, 0.1) is 0 Å². The zero-order valence-corrected chi connectivity index (χ0v) is 22.7. The third-order valence-corrected chi connectivity index (χ3v) is 0. The van der Waals surface area contributed by atoms with E-state index in [9.17, 15) is 0 Å². The number of hydrogen-bond donors (Lipinski definition) is 0. The first-order chi connectivity index (χ1) is 8.00. The molecule has 0 radical (unpaired) electrons. The zero-order chi connectivity index (χ0) is 18.0. The van der Waals surface area contributed by atoms with E-state index in [1.165, 1.54) is 0 Å². The van der Waals surface area contributed by atoms with Crippen LogP contribution in [0.15, 0.2) is 0 Å². The van der Waals surface area contributed by atoms with E-state index < -0.39 is 31.3 Å². The smallest absolute Gasteiger partial charge is 1.00 e. The Morgan fingerprint density at radius 1 is 0.345 bits per heavy atom. The van der Waals surface area contributed by atoms with Gasteiger partial charge in [0, 0.05) is 0 Å². The Bertz CT molecular complexity index is 334. The molecule has 0 atom stereocenters. The van der Waals surface area contributed by atoms with Crippen molar-refractivity contribution in [3.8, 4) is 0 Å². The largest absolute Gasteiger partial charge is 4.00 e. The van der Waals surface area contributed by atoms with Crippen molar-refractivity contribution >= 4 is 136 Å². The molecule has 0 rings (SSSR count). The van der Waals surface area contributed by atoms with E-state index in [1.807, 2.05) is 0 Å². The summed E-state index contributed by atoms with van der Waals surface area (Å²) in [6, 6.07) is 0. The van der Waals surface area contributed by atoms with Crippen molar-refractivity contribution in [3.05, 3.63) is 0 Å². The second kappa shape index (κ2) is 40.6. The van der Waals surface area contributed by atoms with E-state index in [2.05, 4.69) is 0 Å². The summed E-state index contributed by atoms with van der Waals surface area (Å²) in [6.07, 6.45) is 0. The van der Waals surface area contributed by atoms with Gasteiger partial charge in [-0.15, -0.1) is 0 Å². The van der Waals surface area contributed by atoms with Crippen molar-refractivity contribution in [2.45, 2.75) is 0 Å². The monoisotopic (exact) mass is 716 g/mol. The first kappa shape index (κ1) is 83.8. The minimum absolute atomic E-state index is 0. The summed E-state index contributed by atoms with van der Waals surface area (Å²) in [7, 11) is -21.6. The predicted molar refractivity (Wildman–Crippen MR) is 80.8 cm³/mol. The van der Waals surface area contributed by atoms with E-state index in [4.69, 9.17) is 77.0 Å². The molecule has 0 saturated carbocycles. The van der Waals surface area contributed by atoms with E-state index in [0.29, 0.717) is 0 Å². The van der Waals surface area contributed by atoms with E-state index >= 15 is 0 Å². The van der Waals surface area contributed by atoms with Gasteiger partial charge >= 0.3 is 109 Å². The Labute approximate surface area is 270 Å². The summed E-state index contributed by atoms with van der Waals surface area (Å²) in [4.78, 5) is 103. The van der Waals surface area contributed by atoms with Gasteiger partial charge in [0.15, 0.2) is 52.1 Å². The SMILES string of the molecule is O=P([O-])([O-])[O-].O=P([O-])([O-])[O-].O=P([O-])([O-])[O-].O=P([O-])([O-])[O-].[AlH3].[AlH3].[AlH3].[Ge+4].[Ge+4].[Ge+4].[H-].[H-].[H-].[Li+].[Li+].[Li+]. The van der Waals surface area contributed by atoms with Crippen LogP contribution in [0.5, 0.6) is 0 Å². The molecule has 29 heteroatoms. The van der Waals surface area contributed by atoms with E-state index in [-0.39, 0.29) is 166 Å². The zero-order valence-electron chi connectivity index (χ0n) is 15.8. The minimum atomic E-state index is -5.39. The molecule has 152 valence electrons. The molecule has 0 heterocycles. The average molecular weight is 712 g/mol. The Morgan fingerprint density at radius 2 is 0.345 bits per heavy atom. The normalized spacial score (nSPS) is 8.14. The third-order valence-electron chi connectivity index (χ3n) is 0. The second-order valence-electron chi connectivity index (χ2n) is 1.79. The van der Waals surface area contributed by atoms with Crippen LogP contribution in [0.2, 0.25) is 0 Å². The minimum Gasteiger partial charge on any atom is -1.00 e. The fraction of sp³-hybridized carbons (Fsp3) is 0. The van der Waals surface area contributed by atoms with Crippen LogP contribution in [0.4, 0.5) is 0 Å². The molecular formula is H12Al3Ge3Li3O16P4. The first-order valence-corrected chi connectivity index (χ1v) is 8.76. The van der Waals surface area contributed by atoms with Gasteiger partial charge in [-0.1, -0.05) is 0 Å². The Hall–Kier alpha value is 5.46. The standard InChI is InChI=1S/3Al.3Ge.3Li.4H3O4P.12H/c;;;;;;;;;4*1-5(2,3)4;;;;;;;;;;;;/h;;;;;;;;;4*(H3,1,2,3,4);;;;;;;;;;;;/q;;;3*+4;3*+1;;;;;;;;;;;;;;3*-1/p-12. The van der Waals surface area contributed by atoms with Gasteiger partial charge in [-0.25, -0.2) is 0 Å². The molecule has 0 aliphatic rings. The van der Waals surface area contributed by atoms with E-state index in [1.54, 1.807) is 0 Å². The van der Waals surface area contributed by atoms with Crippen molar-refractivity contribution in [1.29, 1.82) is 0 Å². The Morgan fingerprint density at radius 3 is 0.345 bits per heavy atom. The molecule has 0 spiro atoms. The van der Waals surface area contributed by atoms with Gasteiger partial charge in [-0.3, -0.25) is 0 Å². The van der Waals surface area contributed by atoms with Crippen LogP contribution in [0.3, 0.4) is 0 Å². The van der Waals surface area contributed by atoms with Gasteiger partial charge in [0.1, 0.15) is 0 Å². The van der Waals surface area contributed by atoms with Crippen molar-refractivity contribution < 1.29 is 138 Å². The summed E-state index contributed by atoms with van der Waals surface area (Å²) in [5, 5.41) is 0. The van der Waals surface area contributed by atoms with Crippen LogP contribution in [-0.2, 0) is 18.3 Å². The summed E-state index contributed by atoms with van der Waals surface area (Å²) in [6.45, 7) is 0. The summed E-state index contributed by atoms with van der Waals surface area (Å²) >= 11 is 0. The molecule has 0 saturated heterocycles. The summed E-state index contributed by atoms with van der Waals surface area (Å²) in [5.41, 5.74) is 0. The van der Waals surface area contributed by atoms with Crippen LogP contribution >= 0.6 is 31.3 Å². The molecular weight excluding hydrogens is 699 g/mol. The average Bonchev–Trinajstić information content (AvgIpc) is 1.62. The molecule has 0 aliphatic heterocycles. The molecule has 29 heavy (non-hydrogen) atoms. The van der Waals surface area contributed by atoms with Crippen LogP contribution in [0.1, 0.15) is 4.28 Å². The summed E-state index contributed by atoms with van der Waals surface area (Å²) < 4.78 is 34.2. The van der Waals surface area contributed by atoms with Gasteiger partial charge in [0.2, 0.25) is 0 Å². The van der Waals surface area contributed by atoms with Gasteiger partial charge in [0.25, 0.3) is 0 Å². The molecule has 16 nitrogen and oxygen atoms in total. The quantitative estimate of drug-likeness (QED) is 0.166. The maximum Gasteiger partial charge on any atom is 4.00 e. The van der Waals surface area contributed by atoms with Crippen LogP contribution < -0.4 is 115 Å². The van der Waals surface area contributed by atoms with Gasteiger partial charge in [-0.05, 0) is 0 Å². The Balaban J connectivity index is -0.00000000677. The molecule has 0 N–H and O–H groups in total. The number of rotatable bonds is 0. The molecule has 0 aromatic carbocycles. The molecule has 0 aromatic heterocycles. The van der Waals surface area contributed by atoms with Crippen molar-refractivity contribution in [3.63, 3.8) is 0 Å². The first-order valence-electron chi connectivity index (χ1n) is 2.92. The van der Waals surface area contributed by atoms with Crippen molar-refractivity contribution in [2.24, 2.45) is 0 Å². The third kappa shape index (κ3) is 1110. The van der Waals surface area contributed by atoms with Gasteiger partial charge in [0.05, 0.1) is 0 Å². The number of phosphoric acid groups is 4. The number of hydrogen-bond acceptors (Lipinski definition) is 16. The topological polar surface area (TPSA) is 345 Å². The maximum atomic E-state index is 8.55. The second-order valence-corrected chi connectivity index (χ2v) is 5.37. The summed E-state index contributed by atoms with van der Waals surface area (Å²) in [5.74, 6) is 0. The molecule has 0 unspecified atom stereocenters. The molecule has 0 bridgehead atoms. The fourth-order valence-corrected chi connectivity index (χ4v) is 0. The Kier molecular flexibility index (Phi) is 117. The van der Waals surface area contributed by atoms with Gasteiger partial charge < -0.3 is 81.3 Å². The van der Waals surface area contributed by atoms with E-state index in [0.717, 1.165) is 0 Å². The molecule has 0 amide bonds. The molecule has 0 aliphatic carbocycles. The predicted octanol–water partition coefficient (Wildman–Crippen LogP) is -24.6. The molecule has 0 aromatic rings. The maximum absolute atomic E-state index is 8.55. The molecule has 0 fully saturated rings. The van der Waals surface area contributed by atoms with Crippen LogP contribution in [-0.4, -0.2) is 105 Å².